The van der Waals surface area contributed by atoms with Gasteiger partial charge in [0, 0.05) is 37.4 Å². The number of aromatic amines is 1. The van der Waals surface area contributed by atoms with Gasteiger partial charge in [-0.2, -0.15) is 0 Å². The number of ether oxygens (including phenoxy) is 1. The van der Waals surface area contributed by atoms with Crippen LogP contribution in [0.15, 0.2) is 48.8 Å². The van der Waals surface area contributed by atoms with Crippen LogP contribution in [0, 0.1) is 0 Å². The first kappa shape index (κ1) is 15.9. The highest BCUT2D eigenvalue weighted by Gasteiger charge is 2.04. The van der Waals surface area contributed by atoms with Gasteiger partial charge in [0.05, 0.1) is 12.3 Å². The summed E-state index contributed by atoms with van der Waals surface area (Å²) in [7, 11) is 0. The average Bonchev–Trinajstić information content (AvgIpc) is 3.03. The minimum Gasteiger partial charge on any atom is -0.493 e. The number of carbonyl (C=O) groups excluding carboxylic acids is 1. The van der Waals surface area contributed by atoms with Gasteiger partial charge in [-0.25, -0.2) is 4.98 Å². The lowest BCUT2D eigenvalue weighted by atomic mass is 10.2. The summed E-state index contributed by atoms with van der Waals surface area (Å²) in [6.45, 7) is 2.78. The zero-order valence-electron chi connectivity index (χ0n) is 13.5. The molecule has 6 nitrogen and oxygen atoms in total. The third-order valence-corrected chi connectivity index (χ3v) is 3.53. The molecule has 0 atom stereocenters. The molecule has 1 aromatic carbocycles. The van der Waals surface area contributed by atoms with E-state index in [1.54, 1.807) is 12.3 Å². The van der Waals surface area contributed by atoms with Crippen molar-refractivity contribution in [1.82, 2.24) is 9.97 Å². The number of benzene rings is 1. The van der Waals surface area contributed by atoms with Gasteiger partial charge in [-0.1, -0.05) is 0 Å². The van der Waals surface area contributed by atoms with Crippen molar-refractivity contribution in [3.05, 3.63) is 48.8 Å². The number of aromatic nitrogens is 2. The Labute approximate surface area is 140 Å². The van der Waals surface area contributed by atoms with Crippen LogP contribution in [0.2, 0.25) is 0 Å². The standard InChI is InChI=1S/C18H20N4O2/c1-13(23)22-16-4-2-8-20-18(16)21-9-3-11-24-15-6-5-14-7-10-19-17(14)12-15/h2,4-8,10,12,19H,3,9,11H2,1H3,(H,20,21)(H,22,23). The van der Waals surface area contributed by atoms with Gasteiger partial charge >= 0.3 is 0 Å². The first-order chi connectivity index (χ1) is 11.7. The van der Waals surface area contributed by atoms with Crippen molar-refractivity contribution in [1.29, 1.82) is 0 Å². The van der Waals surface area contributed by atoms with Crippen LogP contribution < -0.4 is 15.4 Å². The van der Waals surface area contributed by atoms with Crippen LogP contribution in [0.4, 0.5) is 11.5 Å². The number of pyridine rings is 1. The van der Waals surface area contributed by atoms with Crippen LogP contribution in [0.3, 0.4) is 0 Å². The van der Waals surface area contributed by atoms with Crippen LogP contribution in [0.5, 0.6) is 5.75 Å². The van der Waals surface area contributed by atoms with Gasteiger partial charge in [0.15, 0.2) is 0 Å². The number of hydrogen-bond acceptors (Lipinski definition) is 4. The van der Waals surface area contributed by atoms with Gasteiger partial charge in [-0.3, -0.25) is 4.79 Å². The molecular weight excluding hydrogens is 304 g/mol. The van der Waals surface area contributed by atoms with Gasteiger partial charge in [-0.05, 0) is 42.1 Å². The molecule has 1 amide bonds. The number of hydrogen-bond donors (Lipinski definition) is 3. The molecule has 0 spiro atoms. The third kappa shape index (κ3) is 4.04. The molecule has 24 heavy (non-hydrogen) atoms. The first-order valence-corrected chi connectivity index (χ1v) is 7.89. The summed E-state index contributed by atoms with van der Waals surface area (Å²) in [6, 6.07) is 11.6. The lowest BCUT2D eigenvalue weighted by Crippen LogP contribution is -2.12. The normalized spacial score (nSPS) is 10.5. The van der Waals surface area contributed by atoms with Crippen molar-refractivity contribution < 1.29 is 9.53 Å². The second-order valence-electron chi connectivity index (χ2n) is 5.44. The van der Waals surface area contributed by atoms with Crippen LogP contribution in [0.1, 0.15) is 13.3 Å². The summed E-state index contributed by atoms with van der Waals surface area (Å²) in [6.07, 6.45) is 4.42. The Morgan fingerprint density at radius 2 is 2.21 bits per heavy atom. The van der Waals surface area contributed by atoms with E-state index in [1.807, 2.05) is 36.5 Å². The van der Waals surface area contributed by atoms with E-state index >= 15 is 0 Å². The predicted molar refractivity (Wildman–Crippen MR) is 95.4 cm³/mol. The molecule has 2 heterocycles. The topological polar surface area (TPSA) is 79.0 Å². The fourth-order valence-corrected chi connectivity index (χ4v) is 2.42. The average molecular weight is 324 g/mol. The van der Waals surface area contributed by atoms with E-state index in [-0.39, 0.29) is 5.91 Å². The molecule has 0 aliphatic rings. The highest BCUT2D eigenvalue weighted by molar-refractivity contribution is 5.91. The Morgan fingerprint density at radius 1 is 1.29 bits per heavy atom. The largest absolute Gasteiger partial charge is 0.493 e. The molecule has 0 radical (unpaired) electrons. The molecule has 0 fully saturated rings. The minimum absolute atomic E-state index is 0.117. The summed E-state index contributed by atoms with van der Waals surface area (Å²) in [5.41, 5.74) is 1.75. The van der Waals surface area contributed by atoms with Crippen molar-refractivity contribution >= 4 is 28.3 Å². The predicted octanol–water partition coefficient (Wildman–Crippen LogP) is 3.40. The Bertz CT molecular complexity index is 829. The molecule has 124 valence electrons. The number of anilines is 2. The number of carbonyl (C=O) groups is 1. The van der Waals surface area contributed by atoms with Crippen molar-refractivity contribution in [2.24, 2.45) is 0 Å². The van der Waals surface area contributed by atoms with Crippen LogP contribution >= 0.6 is 0 Å². The monoisotopic (exact) mass is 324 g/mol. The number of fused-ring (bicyclic) bond motifs is 1. The van der Waals surface area contributed by atoms with Crippen molar-refractivity contribution in [3.8, 4) is 5.75 Å². The lowest BCUT2D eigenvalue weighted by Gasteiger charge is -2.11. The van der Waals surface area contributed by atoms with E-state index in [0.717, 1.165) is 17.7 Å². The molecule has 3 aromatic rings. The van der Waals surface area contributed by atoms with E-state index in [9.17, 15) is 4.79 Å². The summed E-state index contributed by atoms with van der Waals surface area (Å²) < 4.78 is 5.77. The second kappa shape index (κ2) is 7.50. The van der Waals surface area contributed by atoms with Crippen LogP contribution in [-0.4, -0.2) is 29.0 Å². The SMILES string of the molecule is CC(=O)Nc1cccnc1NCCCOc1ccc2cc[nH]c2c1. The molecule has 0 saturated carbocycles. The van der Waals surface area contributed by atoms with Crippen LogP contribution in [0.25, 0.3) is 10.9 Å². The summed E-state index contributed by atoms with van der Waals surface area (Å²) in [5, 5.41) is 7.15. The van der Waals surface area contributed by atoms with Crippen molar-refractivity contribution in [3.63, 3.8) is 0 Å². The fourth-order valence-electron chi connectivity index (χ4n) is 2.42. The van der Waals surface area contributed by atoms with Crippen molar-refractivity contribution in [2.75, 3.05) is 23.8 Å². The number of amides is 1. The molecule has 3 N–H and O–H groups in total. The quantitative estimate of drug-likeness (QED) is 0.582. The number of nitrogens with one attached hydrogen (secondary N) is 3. The Hall–Kier alpha value is -3.02. The van der Waals surface area contributed by atoms with E-state index < -0.39 is 0 Å². The third-order valence-electron chi connectivity index (χ3n) is 3.53. The Kier molecular flexibility index (Phi) is 4.96. The Balaban J connectivity index is 1.46. The molecule has 0 saturated heterocycles. The maximum atomic E-state index is 11.2. The van der Waals surface area contributed by atoms with E-state index in [2.05, 4.69) is 20.6 Å². The molecule has 0 unspecified atom stereocenters. The summed E-state index contributed by atoms with van der Waals surface area (Å²) in [5.74, 6) is 1.40. The maximum Gasteiger partial charge on any atom is 0.221 e. The maximum absolute atomic E-state index is 11.2. The highest BCUT2D eigenvalue weighted by Crippen LogP contribution is 2.20. The van der Waals surface area contributed by atoms with E-state index in [0.29, 0.717) is 24.7 Å². The fraction of sp³-hybridized carbons (Fsp3) is 0.222. The van der Waals surface area contributed by atoms with Gasteiger partial charge in [0.1, 0.15) is 11.6 Å². The lowest BCUT2D eigenvalue weighted by molar-refractivity contribution is -0.114. The number of rotatable bonds is 7. The minimum atomic E-state index is -0.117. The zero-order valence-corrected chi connectivity index (χ0v) is 13.5. The first-order valence-electron chi connectivity index (χ1n) is 7.89. The highest BCUT2D eigenvalue weighted by atomic mass is 16.5. The Morgan fingerprint density at radius 3 is 3.08 bits per heavy atom. The summed E-state index contributed by atoms with van der Waals surface area (Å²) >= 11 is 0. The molecule has 0 bridgehead atoms. The van der Waals surface area contributed by atoms with Gasteiger partial charge in [0.25, 0.3) is 0 Å². The van der Waals surface area contributed by atoms with Gasteiger partial charge in [0.2, 0.25) is 5.91 Å². The van der Waals surface area contributed by atoms with Gasteiger partial charge < -0.3 is 20.4 Å². The molecule has 0 aliphatic heterocycles. The number of H-pyrrole nitrogens is 1. The molecule has 3 rings (SSSR count). The molecule has 2 aromatic heterocycles. The van der Waals surface area contributed by atoms with E-state index in [1.165, 1.54) is 12.3 Å². The molecule has 6 heteroatoms. The summed E-state index contributed by atoms with van der Waals surface area (Å²) in [4.78, 5) is 18.6. The van der Waals surface area contributed by atoms with Gasteiger partial charge in [-0.15, -0.1) is 0 Å². The molecular formula is C18H20N4O2. The van der Waals surface area contributed by atoms with Crippen molar-refractivity contribution in [2.45, 2.75) is 13.3 Å². The number of nitrogens with zero attached hydrogens (tertiary/aromatic N) is 1. The smallest absolute Gasteiger partial charge is 0.221 e. The van der Waals surface area contributed by atoms with Crippen LogP contribution in [-0.2, 0) is 4.79 Å². The molecule has 0 aliphatic carbocycles. The van der Waals surface area contributed by atoms with E-state index in [4.69, 9.17) is 4.74 Å². The zero-order chi connectivity index (χ0) is 16.8. The second-order valence-corrected chi connectivity index (χ2v) is 5.44.